The Kier molecular flexibility index (Phi) is 5.21. The molecule has 19 heavy (non-hydrogen) atoms. The summed E-state index contributed by atoms with van der Waals surface area (Å²) in [6.45, 7) is 6.70. The van der Waals surface area contributed by atoms with Gasteiger partial charge in [-0.1, -0.05) is 0 Å². The molecule has 0 aliphatic rings. The van der Waals surface area contributed by atoms with Crippen molar-refractivity contribution in [2.45, 2.75) is 24.7 Å². The molecule has 0 bridgehead atoms. The molecule has 100 valence electrons. The fraction of sp³-hybridized carbons (Fsp3) is 0.294. The van der Waals surface area contributed by atoms with Gasteiger partial charge in [0.2, 0.25) is 0 Å². The zero-order chi connectivity index (χ0) is 13.6. The van der Waals surface area contributed by atoms with E-state index < -0.39 is 0 Å². The molecule has 0 aliphatic carbocycles. The summed E-state index contributed by atoms with van der Waals surface area (Å²) >= 11 is 0.498. The van der Waals surface area contributed by atoms with Crippen LogP contribution in [0.1, 0.15) is 19.4 Å². The van der Waals surface area contributed by atoms with Crippen LogP contribution < -0.4 is 9.78 Å². The van der Waals surface area contributed by atoms with Gasteiger partial charge in [0.05, 0.1) is 0 Å². The van der Waals surface area contributed by atoms with Gasteiger partial charge in [0.15, 0.2) is 0 Å². The van der Waals surface area contributed by atoms with E-state index in [2.05, 4.69) is 79.8 Å². The first-order valence-corrected chi connectivity index (χ1v) is 8.36. The summed E-state index contributed by atoms with van der Waals surface area (Å²) in [4.78, 5) is 0. The van der Waals surface area contributed by atoms with Crippen molar-refractivity contribution in [3.63, 3.8) is 0 Å². The minimum atomic E-state index is 0.336. The van der Waals surface area contributed by atoms with Gasteiger partial charge in [-0.2, -0.15) is 0 Å². The van der Waals surface area contributed by atoms with Crippen LogP contribution in [-0.4, -0.2) is 21.5 Å². The standard InChI is InChI=1S/C17H21NSe/c1-17(2,19-16-11-7-4-8-12-16)14-18-13-15-9-5-3-6-10-15/h3-12,18H,13-14H2,1-2H3. The number of nitrogens with one attached hydrogen (secondary N) is 1. The van der Waals surface area contributed by atoms with E-state index in [0.29, 0.717) is 19.3 Å². The van der Waals surface area contributed by atoms with E-state index in [0.717, 1.165) is 13.1 Å². The van der Waals surface area contributed by atoms with Crippen LogP contribution in [0.25, 0.3) is 0 Å². The monoisotopic (exact) mass is 319 g/mol. The maximum atomic E-state index is 3.58. The van der Waals surface area contributed by atoms with E-state index in [9.17, 15) is 0 Å². The molecule has 2 aromatic carbocycles. The van der Waals surface area contributed by atoms with E-state index in [1.54, 1.807) is 0 Å². The van der Waals surface area contributed by atoms with Gasteiger partial charge in [-0.3, -0.25) is 0 Å². The van der Waals surface area contributed by atoms with Gasteiger partial charge >= 0.3 is 122 Å². The summed E-state index contributed by atoms with van der Waals surface area (Å²) in [5, 5.41) is 3.58. The molecule has 0 fully saturated rings. The second-order valence-electron chi connectivity index (χ2n) is 5.26. The van der Waals surface area contributed by atoms with Crippen molar-refractivity contribution in [1.29, 1.82) is 0 Å². The van der Waals surface area contributed by atoms with Crippen molar-refractivity contribution in [3.8, 4) is 0 Å². The summed E-state index contributed by atoms with van der Waals surface area (Å²) in [7, 11) is 0. The van der Waals surface area contributed by atoms with Gasteiger partial charge in [0, 0.05) is 0 Å². The number of benzene rings is 2. The van der Waals surface area contributed by atoms with Crippen molar-refractivity contribution in [2.24, 2.45) is 0 Å². The van der Waals surface area contributed by atoms with E-state index in [1.165, 1.54) is 10.0 Å². The Balaban J connectivity index is 1.81. The van der Waals surface area contributed by atoms with Crippen LogP contribution >= 0.6 is 0 Å². The fourth-order valence-corrected chi connectivity index (χ4v) is 4.27. The van der Waals surface area contributed by atoms with E-state index in [1.807, 2.05) is 0 Å². The molecule has 0 aliphatic heterocycles. The molecule has 0 radical (unpaired) electrons. The van der Waals surface area contributed by atoms with Gasteiger partial charge in [0.25, 0.3) is 0 Å². The van der Waals surface area contributed by atoms with Gasteiger partial charge in [0.1, 0.15) is 0 Å². The van der Waals surface area contributed by atoms with E-state index in [4.69, 9.17) is 0 Å². The second-order valence-corrected chi connectivity index (χ2v) is 9.00. The Morgan fingerprint density at radius 1 is 0.895 bits per heavy atom. The fourth-order valence-electron chi connectivity index (χ4n) is 1.95. The first-order valence-electron chi connectivity index (χ1n) is 6.64. The van der Waals surface area contributed by atoms with E-state index >= 15 is 0 Å². The summed E-state index contributed by atoms with van der Waals surface area (Å²) in [6.07, 6.45) is 0. The molecular weight excluding hydrogens is 297 g/mol. The zero-order valence-corrected chi connectivity index (χ0v) is 13.3. The first kappa shape index (κ1) is 14.3. The molecule has 1 N–H and O–H groups in total. The molecular formula is C17H21NSe. The van der Waals surface area contributed by atoms with Crippen molar-refractivity contribution in [3.05, 3.63) is 66.2 Å². The Morgan fingerprint density at radius 2 is 1.47 bits per heavy atom. The molecule has 2 aromatic rings. The average Bonchev–Trinajstić information content (AvgIpc) is 2.40. The normalized spacial score (nSPS) is 11.5. The molecule has 0 atom stereocenters. The summed E-state index contributed by atoms with van der Waals surface area (Å²) in [5.41, 5.74) is 1.35. The Bertz CT molecular complexity index is 479. The van der Waals surface area contributed by atoms with Gasteiger partial charge in [-0.15, -0.1) is 0 Å². The summed E-state index contributed by atoms with van der Waals surface area (Å²) < 4.78 is 1.81. The predicted molar refractivity (Wildman–Crippen MR) is 84.0 cm³/mol. The van der Waals surface area contributed by atoms with Gasteiger partial charge in [-0.05, 0) is 0 Å². The molecule has 2 rings (SSSR count). The minimum absolute atomic E-state index is 0.336. The second kappa shape index (κ2) is 6.91. The molecule has 0 unspecified atom stereocenters. The third-order valence-electron chi connectivity index (χ3n) is 2.86. The van der Waals surface area contributed by atoms with Crippen molar-refractivity contribution in [2.75, 3.05) is 6.54 Å². The van der Waals surface area contributed by atoms with Crippen molar-refractivity contribution in [1.82, 2.24) is 5.32 Å². The Hall–Kier alpha value is -1.08. The van der Waals surface area contributed by atoms with Gasteiger partial charge in [-0.25, -0.2) is 0 Å². The SMILES string of the molecule is CC(C)(CNCc1ccccc1)[Se]c1ccccc1. The van der Waals surface area contributed by atoms with Crippen LogP contribution in [0, 0.1) is 0 Å². The summed E-state index contributed by atoms with van der Waals surface area (Å²) in [5.74, 6) is 0. The quantitative estimate of drug-likeness (QED) is 0.808. The number of hydrogen-bond donors (Lipinski definition) is 1. The van der Waals surface area contributed by atoms with Gasteiger partial charge < -0.3 is 0 Å². The van der Waals surface area contributed by atoms with Crippen molar-refractivity contribution >= 4 is 19.4 Å². The van der Waals surface area contributed by atoms with E-state index in [-0.39, 0.29) is 0 Å². The van der Waals surface area contributed by atoms with Crippen LogP contribution in [0.15, 0.2) is 60.7 Å². The Labute approximate surface area is 122 Å². The molecule has 0 saturated carbocycles. The first-order chi connectivity index (χ1) is 9.16. The molecule has 2 heteroatoms. The molecule has 1 nitrogen and oxygen atoms in total. The summed E-state index contributed by atoms with van der Waals surface area (Å²) in [6, 6.07) is 21.4. The zero-order valence-electron chi connectivity index (χ0n) is 11.6. The van der Waals surface area contributed by atoms with Crippen LogP contribution in [0.3, 0.4) is 0 Å². The molecule has 0 aromatic heterocycles. The maximum absolute atomic E-state index is 3.58. The molecule has 0 heterocycles. The number of rotatable bonds is 6. The molecule has 0 saturated heterocycles. The predicted octanol–water partition coefficient (Wildman–Crippen LogP) is 3.00. The van der Waals surface area contributed by atoms with Crippen LogP contribution in [0.5, 0.6) is 0 Å². The topological polar surface area (TPSA) is 12.0 Å². The third kappa shape index (κ3) is 5.20. The average molecular weight is 318 g/mol. The van der Waals surface area contributed by atoms with Crippen LogP contribution in [-0.2, 0) is 6.54 Å². The van der Waals surface area contributed by atoms with Crippen molar-refractivity contribution < 1.29 is 0 Å². The van der Waals surface area contributed by atoms with Crippen LogP contribution in [0.2, 0.25) is 4.31 Å². The van der Waals surface area contributed by atoms with Crippen LogP contribution in [0.4, 0.5) is 0 Å². The molecule has 0 amide bonds. The molecule has 0 spiro atoms. The third-order valence-corrected chi connectivity index (χ3v) is 5.39. The Morgan fingerprint density at radius 3 is 2.11 bits per heavy atom. The number of hydrogen-bond acceptors (Lipinski definition) is 1.